The van der Waals surface area contributed by atoms with Gasteiger partial charge in [-0.2, -0.15) is 0 Å². The lowest BCUT2D eigenvalue weighted by molar-refractivity contribution is 0.598. The van der Waals surface area contributed by atoms with Crippen LogP contribution in [0.2, 0.25) is 0 Å². The van der Waals surface area contributed by atoms with Crippen LogP contribution in [0.1, 0.15) is 5.56 Å². The van der Waals surface area contributed by atoms with Crippen molar-refractivity contribution in [3.05, 3.63) is 23.8 Å². The molecule has 6 heteroatoms. The largest absolute Gasteiger partial charge is 0.398 e. The van der Waals surface area contributed by atoms with Gasteiger partial charge in [-0.1, -0.05) is 6.07 Å². The maximum Gasteiger partial charge on any atom is 0.238 e. The van der Waals surface area contributed by atoms with E-state index in [1.165, 1.54) is 12.1 Å². The van der Waals surface area contributed by atoms with Crippen LogP contribution >= 0.6 is 11.6 Å². The van der Waals surface area contributed by atoms with Crippen molar-refractivity contribution in [3.63, 3.8) is 0 Å². The average molecular weight is 221 g/mol. The summed E-state index contributed by atoms with van der Waals surface area (Å²) in [6, 6.07) is 4.22. The zero-order valence-corrected chi connectivity index (χ0v) is 8.27. The number of benzene rings is 1. The zero-order valence-electron chi connectivity index (χ0n) is 6.70. The van der Waals surface area contributed by atoms with Crippen molar-refractivity contribution in [1.82, 2.24) is 0 Å². The number of hydrogen-bond donors (Lipinski definition) is 2. The average Bonchev–Trinajstić information content (AvgIpc) is 2.02. The van der Waals surface area contributed by atoms with Crippen molar-refractivity contribution < 1.29 is 8.42 Å². The van der Waals surface area contributed by atoms with Gasteiger partial charge in [0.15, 0.2) is 0 Å². The Morgan fingerprint density at radius 1 is 1.38 bits per heavy atom. The fraction of sp³-hybridized carbons (Fsp3) is 0.143. The topological polar surface area (TPSA) is 86.2 Å². The Kier molecular flexibility index (Phi) is 2.80. The monoisotopic (exact) mass is 220 g/mol. The fourth-order valence-electron chi connectivity index (χ4n) is 0.872. The first-order valence-electron chi connectivity index (χ1n) is 3.42. The second kappa shape index (κ2) is 3.53. The highest BCUT2D eigenvalue weighted by Gasteiger charge is 2.08. The zero-order chi connectivity index (χ0) is 10.1. The molecule has 1 aromatic carbocycles. The lowest BCUT2D eigenvalue weighted by atomic mass is 10.2. The SMILES string of the molecule is Nc1cc(S(N)(=O)=O)ccc1CCl. The summed E-state index contributed by atoms with van der Waals surface area (Å²) in [4.78, 5) is -0.00105. The number of alkyl halides is 1. The van der Waals surface area contributed by atoms with Crippen LogP contribution in [-0.2, 0) is 15.9 Å². The second-order valence-electron chi connectivity index (χ2n) is 2.54. The third-order valence-electron chi connectivity index (χ3n) is 1.59. The molecule has 0 amide bonds. The molecule has 72 valence electrons. The number of anilines is 1. The van der Waals surface area contributed by atoms with Crippen LogP contribution in [0.25, 0.3) is 0 Å². The van der Waals surface area contributed by atoms with Gasteiger partial charge in [0.1, 0.15) is 0 Å². The Bertz CT molecular complexity index is 417. The predicted octanol–water partition coefficient (Wildman–Crippen LogP) is 0.655. The predicted molar refractivity (Wildman–Crippen MR) is 51.8 cm³/mol. The summed E-state index contributed by atoms with van der Waals surface area (Å²) < 4.78 is 21.7. The molecule has 0 radical (unpaired) electrons. The molecular weight excluding hydrogens is 212 g/mol. The minimum absolute atomic E-state index is 0.00105. The van der Waals surface area contributed by atoms with E-state index in [0.29, 0.717) is 11.3 Å². The maximum atomic E-state index is 10.9. The van der Waals surface area contributed by atoms with Gasteiger partial charge in [-0.3, -0.25) is 0 Å². The van der Waals surface area contributed by atoms with Crippen LogP contribution in [-0.4, -0.2) is 8.42 Å². The Morgan fingerprint density at radius 3 is 2.38 bits per heavy atom. The summed E-state index contributed by atoms with van der Waals surface area (Å²) in [5.41, 5.74) is 6.55. The normalized spacial score (nSPS) is 11.5. The first-order chi connectivity index (χ1) is 5.95. The molecule has 0 aromatic heterocycles. The molecule has 13 heavy (non-hydrogen) atoms. The van der Waals surface area contributed by atoms with Crippen LogP contribution in [0.3, 0.4) is 0 Å². The first-order valence-corrected chi connectivity index (χ1v) is 5.50. The Labute approximate surface area is 81.5 Å². The van der Waals surface area contributed by atoms with Crippen molar-refractivity contribution in [2.45, 2.75) is 10.8 Å². The molecule has 1 rings (SSSR count). The fourth-order valence-corrected chi connectivity index (χ4v) is 1.66. The van der Waals surface area contributed by atoms with Crippen molar-refractivity contribution in [1.29, 1.82) is 0 Å². The van der Waals surface area contributed by atoms with Crippen molar-refractivity contribution in [2.24, 2.45) is 5.14 Å². The number of nitrogens with two attached hydrogens (primary N) is 2. The first kappa shape index (κ1) is 10.3. The number of rotatable bonds is 2. The summed E-state index contributed by atoms with van der Waals surface area (Å²) in [5.74, 6) is 0.247. The summed E-state index contributed by atoms with van der Waals surface area (Å²) in [7, 11) is -3.67. The Balaban J connectivity index is 3.26. The van der Waals surface area contributed by atoms with Gasteiger partial charge in [-0.15, -0.1) is 11.6 Å². The minimum Gasteiger partial charge on any atom is -0.398 e. The number of halogens is 1. The van der Waals surface area contributed by atoms with E-state index in [1.807, 2.05) is 0 Å². The number of hydrogen-bond acceptors (Lipinski definition) is 3. The van der Waals surface area contributed by atoms with E-state index < -0.39 is 10.0 Å². The summed E-state index contributed by atoms with van der Waals surface area (Å²) in [6.07, 6.45) is 0. The molecule has 0 aliphatic rings. The third kappa shape index (κ3) is 2.33. The lowest BCUT2D eigenvalue weighted by Gasteiger charge is -2.03. The molecule has 4 N–H and O–H groups in total. The van der Waals surface area contributed by atoms with E-state index in [-0.39, 0.29) is 10.8 Å². The molecule has 1 aromatic rings. The van der Waals surface area contributed by atoms with Gasteiger partial charge < -0.3 is 5.73 Å². The molecule has 0 saturated carbocycles. The summed E-state index contributed by atoms with van der Waals surface area (Å²) >= 11 is 5.54. The molecule has 4 nitrogen and oxygen atoms in total. The van der Waals surface area contributed by atoms with Crippen LogP contribution in [0.5, 0.6) is 0 Å². The molecule has 0 saturated heterocycles. The standard InChI is InChI=1S/C7H9ClN2O2S/c8-4-5-1-2-6(3-7(5)9)13(10,11)12/h1-3H,4,9H2,(H2,10,11,12). The minimum atomic E-state index is -3.67. The molecule has 0 atom stereocenters. The summed E-state index contributed by atoms with van der Waals surface area (Å²) in [5, 5.41) is 4.90. The van der Waals surface area contributed by atoms with Crippen LogP contribution in [0.15, 0.2) is 23.1 Å². The Hall–Kier alpha value is -0.780. The van der Waals surface area contributed by atoms with E-state index in [1.54, 1.807) is 6.07 Å². The van der Waals surface area contributed by atoms with Gasteiger partial charge in [0.2, 0.25) is 10.0 Å². The van der Waals surface area contributed by atoms with E-state index >= 15 is 0 Å². The highest BCUT2D eigenvalue weighted by Crippen LogP contribution is 2.18. The van der Waals surface area contributed by atoms with Gasteiger partial charge in [0.25, 0.3) is 0 Å². The summed E-state index contributed by atoms with van der Waals surface area (Å²) in [6.45, 7) is 0. The van der Waals surface area contributed by atoms with Gasteiger partial charge in [-0.05, 0) is 17.7 Å². The van der Waals surface area contributed by atoms with Crippen LogP contribution in [0, 0.1) is 0 Å². The quantitative estimate of drug-likeness (QED) is 0.567. The second-order valence-corrected chi connectivity index (χ2v) is 4.37. The van der Waals surface area contributed by atoms with E-state index in [9.17, 15) is 8.42 Å². The molecule has 0 unspecified atom stereocenters. The molecule has 0 spiro atoms. The van der Waals surface area contributed by atoms with E-state index in [2.05, 4.69) is 0 Å². The van der Waals surface area contributed by atoms with Gasteiger partial charge in [0, 0.05) is 11.6 Å². The number of sulfonamides is 1. The smallest absolute Gasteiger partial charge is 0.238 e. The Morgan fingerprint density at radius 2 is 2.00 bits per heavy atom. The lowest BCUT2D eigenvalue weighted by Crippen LogP contribution is -2.12. The highest BCUT2D eigenvalue weighted by atomic mass is 35.5. The van der Waals surface area contributed by atoms with Gasteiger partial charge >= 0.3 is 0 Å². The molecule has 0 aliphatic heterocycles. The third-order valence-corrected chi connectivity index (χ3v) is 2.79. The number of nitrogen functional groups attached to an aromatic ring is 1. The van der Waals surface area contributed by atoms with Gasteiger partial charge in [-0.25, -0.2) is 13.6 Å². The van der Waals surface area contributed by atoms with Crippen LogP contribution in [0.4, 0.5) is 5.69 Å². The van der Waals surface area contributed by atoms with Crippen LogP contribution < -0.4 is 10.9 Å². The highest BCUT2D eigenvalue weighted by molar-refractivity contribution is 7.89. The van der Waals surface area contributed by atoms with E-state index in [4.69, 9.17) is 22.5 Å². The van der Waals surface area contributed by atoms with Crippen molar-refractivity contribution in [2.75, 3.05) is 5.73 Å². The molecular formula is C7H9ClN2O2S. The van der Waals surface area contributed by atoms with E-state index in [0.717, 1.165) is 0 Å². The van der Waals surface area contributed by atoms with Crippen molar-refractivity contribution in [3.8, 4) is 0 Å². The molecule has 0 bridgehead atoms. The van der Waals surface area contributed by atoms with Crippen molar-refractivity contribution >= 4 is 27.3 Å². The van der Waals surface area contributed by atoms with Gasteiger partial charge in [0.05, 0.1) is 4.90 Å². The molecule has 0 heterocycles. The molecule has 0 aliphatic carbocycles. The molecule has 0 fully saturated rings. The number of primary sulfonamides is 1. The maximum absolute atomic E-state index is 10.9.